The number of nitrogens with one attached hydrogen (secondary N) is 2. The van der Waals surface area contributed by atoms with Gasteiger partial charge in [0.15, 0.2) is 17.2 Å². The topological polar surface area (TPSA) is 82.5 Å². The van der Waals surface area contributed by atoms with E-state index in [-0.39, 0.29) is 0 Å². The second kappa shape index (κ2) is 7.85. The van der Waals surface area contributed by atoms with Crippen LogP contribution in [0.1, 0.15) is 18.4 Å². The summed E-state index contributed by atoms with van der Waals surface area (Å²) in [4.78, 5) is 18.2. The maximum atomic E-state index is 6.37. The Bertz CT molecular complexity index is 1410. The molecule has 174 valence electrons. The van der Waals surface area contributed by atoms with E-state index in [4.69, 9.17) is 19.1 Å². The zero-order chi connectivity index (χ0) is 22.6. The molecule has 0 spiro atoms. The number of aromatic amines is 1. The molecule has 8 heteroatoms. The fourth-order valence-corrected chi connectivity index (χ4v) is 5.15. The third kappa shape index (κ3) is 3.36. The smallest absolute Gasteiger partial charge is 0.203 e. The predicted octanol–water partition coefficient (Wildman–Crippen LogP) is 4.11. The monoisotopic (exact) mass is 456 g/mol. The Morgan fingerprint density at radius 3 is 2.88 bits per heavy atom. The number of rotatable bonds is 5. The molecule has 2 aliphatic heterocycles. The van der Waals surface area contributed by atoms with Crippen LogP contribution in [0, 0.1) is 0 Å². The van der Waals surface area contributed by atoms with Crippen molar-refractivity contribution in [2.45, 2.75) is 18.9 Å². The van der Waals surface area contributed by atoms with Crippen LogP contribution < -0.4 is 10.2 Å². The van der Waals surface area contributed by atoms with Crippen molar-refractivity contribution in [3.8, 4) is 11.4 Å². The SMILES string of the molecule is CN(CC1=Cc2c(oc3c(N4CCOCC4)nc(-c4cccc5[nH]ccc45)nc23)NC1)C1CC1. The van der Waals surface area contributed by atoms with Gasteiger partial charge in [-0.25, -0.2) is 9.97 Å². The Labute approximate surface area is 197 Å². The average molecular weight is 457 g/mol. The number of morpholine rings is 1. The number of ether oxygens (including phenoxy) is 1. The lowest BCUT2D eigenvalue weighted by atomic mass is 10.1. The first kappa shape index (κ1) is 20.1. The standard InChI is InChI=1S/C26H28N6O2/c1-31(17-5-6-17)15-16-13-20-22-23(34-26(20)28-14-16)25(32-9-11-33-12-10-32)30-24(29-22)19-3-2-4-21-18(19)7-8-27-21/h2-4,7-8,13,17,27-28H,5-6,9-12,14-15H2,1H3. The van der Waals surface area contributed by atoms with E-state index < -0.39 is 0 Å². The molecule has 3 aliphatic rings. The third-order valence-electron chi connectivity index (χ3n) is 7.15. The molecular formula is C26H28N6O2. The molecule has 4 aromatic rings. The van der Waals surface area contributed by atoms with Gasteiger partial charge in [-0.05, 0) is 43.7 Å². The molecule has 7 rings (SSSR count). The summed E-state index contributed by atoms with van der Waals surface area (Å²) in [5, 5.41) is 4.62. The molecule has 1 aliphatic carbocycles. The number of anilines is 2. The van der Waals surface area contributed by atoms with Crippen LogP contribution in [-0.4, -0.2) is 72.3 Å². The Balaban J connectivity index is 1.40. The molecule has 3 aromatic heterocycles. The number of likely N-dealkylation sites (N-methyl/N-ethyl adjacent to an activating group) is 1. The van der Waals surface area contributed by atoms with E-state index in [1.165, 1.54) is 18.4 Å². The molecule has 0 bridgehead atoms. The highest BCUT2D eigenvalue weighted by atomic mass is 16.5. The quantitative estimate of drug-likeness (QED) is 0.468. The summed E-state index contributed by atoms with van der Waals surface area (Å²) in [6.07, 6.45) is 6.85. The number of furan rings is 1. The minimum Gasteiger partial charge on any atom is -0.434 e. The van der Waals surface area contributed by atoms with Gasteiger partial charge in [-0.3, -0.25) is 4.90 Å². The fraction of sp³-hybridized carbons (Fsp3) is 0.385. The summed E-state index contributed by atoms with van der Waals surface area (Å²) in [6, 6.07) is 9.04. The van der Waals surface area contributed by atoms with Gasteiger partial charge in [0.1, 0.15) is 5.52 Å². The van der Waals surface area contributed by atoms with E-state index in [2.05, 4.69) is 51.4 Å². The minimum absolute atomic E-state index is 0.685. The molecule has 2 N–H and O–H groups in total. The number of benzene rings is 1. The maximum absolute atomic E-state index is 6.37. The molecule has 0 unspecified atom stereocenters. The first-order chi connectivity index (χ1) is 16.7. The predicted molar refractivity (Wildman–Crippen MR) is 134 cm³/mol. The third-order valence-corrected chi connectivity index (χ3v) is 7.15. The number of nitrogens with zero attached hydrogens (tertiary/aromatic N) is 4. The molecule has 5 heterocycles. The summed E-state index contributed by atoms with van der Waals surface area (Å²) < 4.78 is 12.0. The molecule has 2 fully saturated rings. The number of fused-ring (bicyclic) bond motifs is 4. The van der Waals surface area contributed by atoms with E-state index in [0.717, 1.165) is 82.9 Å². The summed E-state index contributed by atoms with van der Waals surface area (Å²) in [5.41, 5.74) is 6.09. The fourth-order valence-electron chi connectivity index (χ4n) is 5.15. The zero-order valence-corrected chi connectivity index (χ0v) is 19.3. The van der Waals surface area contributed by atoms with Crippen molar-refractivity contribution in [1.82, 2.24) is 19.9 Å². The Morgan fingerprint density at radius 1 is 1.15 bits per heavy atom. The van der Waals surface area contributed by atoms with Crippen molar-refractivity contribution < 1.29 is 9.15 Å². The summed E-state index contributed by atoms with van der Waals surface area (Å²) in [6.45, 7) is 4.69. The second-order valence-electron chi connectivity index (χ2n) is 9.54. The molecule has 1 saturated heterocycles. The largest absolute Gasteiger partial charge is 0.434 e. The van der Waals surface area contributed by atoms with E-state index in [1.807, 2.05) is 12.3 Å². The molecule has 1 saturated carbocycles. The van der Waals surface area contributed by atoms with Crippen LogP contribution in [0.3, 0.4) is 0 Å². The first-order valence-electron chi connectivity index (χ1n) is 12.1. The van der Waals surface area contributed by atoms with Crippen molar-refractivity contribution in [2.24, 2.45) is 0 Å². The van der Waals surface area contributed by atoms with Crippen molar-refractivity contribution >= 4 is 39.8 Å². The molecule has 8 nitrogen and oxygen atoms in total. The van der Waals surface area contributed by atoms with Crippen molar-refractivity contribution in [1.29, 1.82) is 0 Å². The van der Waals surface area contributed by atoms with Gasteiger partial charge in [-0.2, -0.15) is 0 Å². The highest BCUT2D eigenvalue weighted by Gasteiger charge is 2.29. The van der Waals surface area contributed by atoms with E-state index in [9.17, 15) is 0 Å². The van der Waals surface area contributed by atoms with Gasteiger partial charge in [-0.1, -0.05) is 12.1 Å². The van der Waals surface area contributed by atoms with Crippen LogP contribution in [0.5, 0.6) is 0 Å². The Kier molecular flexibility index (Phi) is 4.63. The highest BCUT2D eigenvalue weighted by Crippen LogP contribution is 2.40. The van der Waals surface area contributed by atoms with Crippen molar-refractivity contribution in [2.75, 3.05) is 56.7 Å². The Hall–Kier alpha value is -3.36. The molecule has 34 heavy (non-hydrogen) atoms. The number of hydrogen-bond donors (Lipinski definition) is 2. The Morgan fingerprint density at radius 2 is 2.03 bits per heavy atom. The normalized spacial score (nSPS) is 18.4. The van der Waals surface area contributed by atoms with Crippen LogP contribution in [0.2, 0.25) is 0 Å². The first-order valence-corrected chi connectivity index (χ1v) is 12.1. The van der Waals surface area contributed by atoms with Gasteiger partial charge in [-0.15, -0.1) is 0 Å². The number of H-pyrrole nitrogens is 1. The van der Waals surface area contributed by atoms with Crippen molar-refractivity contribution in [3.63, 3.8) is 0 Å². The zero-order valence-electron chi connectivity index (χ0n) is 19.3. The van der Waals surface area contributed by atoms with Crippen LogP contribution in [-0.2, 0) is 4.74 Å². The average Bonchev–Trinajstić information content (AvgIpc) is 3.51. The van der Waals surface area contributed by atoms with Gasteiger partial charge < -0.3 is 24.4 Å². The molecular weight excluding hydrogens is 428 g/mol. The van der Waals surface area contributed by atoms with Gasteiger partial charge in [0.25, 0.3) is 0 Å². The molecule has 0 atom stereocenters. The van der Waals surface area contributed by atoms with E-state index >= 15 is 0 Å². The van der Waals surface area contributed by atoms with Gasteiger partial charge in [0, 0.05) is 54.9 Å². The lowest BCUT2D eigenvalue weighted by Crippen LogP contribution is -2.37. The highest BCUT2D eigenvalue weighted by molar-refractivity contribution is 6.00. The van der Waals surface area contributed by atoms with Gasteiger partial charge >= 0.3 is 0 Å². The summed E-state index contributed by atoms with van der Waals surface area (Å²) >= 11 is 0. The van der Waals surface area contributed by atoms with Crippen LogP contribution >= 0.6 is 0 Å². The van der Waals surface area contributed by atoms with E-state index in [0.29, 0.717) is 13.2 Å². The molecule has 0 radical (unpaired) electrons. The summed E-state index contributed by atoms with van der Waals surface area (Å²) in [7, 11) is 2.22. The van der Waals surface area contributed by atoms with Gasteiger partial charge in [0.05, 0.1) is 18.8 Å². The van der Waals surface area contributed by atoms with Crippen LogP contribution in [0.15, 0.2) is 40.5 Å². The van der Waals surface area contributed by atoms with Crippen molar-refractivity contribution in [3.05, 3.63) is 41.6 Å². The lowest BCUT2D eigenvalue weighted by Gasteiger charge is -2.27. The maximum Gasteiger partial charge on any atom is 0.203 e. The van der Waals surface area contributed by atoms with E-state index in [1.54, 1.807) is 0 Å². The molecule has 1 aromatic carbocycles. The van der Waals surface area contributed by atoms with Crippen LogP contribution in [0.25, 0.3) is 39.5 Å². The lowest BCUT2D eigenvalue weighted by molar-refractivity contribution is 0.122. The molecule has 0 amide bonds. The second-order valence-corrected chi connectivity index (χ2v) is 9.54. The number of aromatic nitrogens is 3. The minimum atomic E-state index is 0.685. The van der Waals surface area contributed by atoms with Gasteiger partial charge in [0.2, 0.25) is 5.88 Å². The number of hydrogen-bond acceptors (Lipinski definition) is 7. The summed E-state index contributed by atoms with van der Waals surface area (Å²) in [5.74, 6) is 2.35. The van der Waals surface area contributed by atoms with Crippen LogP contribution in [0.4, 0.5) is 11.7 Å².